The van der Waals surface area contributed by atoms with Crippen molar-refractivity contribution < 1.29 is 0 Å². The molecular weight excluding hydrogens is 294 g/mol. The van der Waals surface area contributed by atoms with Crippen LogP contribution in [-0.2, 0) is 0 Å². The van der Waals surface area contributed by atoms with Crippen molar-refractivity contribution in [1.29, 1.82) is 0 Å². The summed E-state index contributed by atoms with van der Waals surface area (Å²) < 4.78 is 1.25. The van der Waals surface area contributed by atoms with Gasteiger partial charge in [-0.1, -0.05) is 26.0 Å². The van der Waals surface area contributed by atoms with Gasteiger partial charge < -0.3 is 5.32 Å². The highest BCUT2D eigenvalue weighted by Gasteiger charge is 2.15. The summed E-state index contributed by atoms with van der Waals surface area (Å²) in [4.78, 5) is 1.41. The molecule has 96 valence electrons. The Morgan fingerprint density at radius 2 is 2.24 bits per heavy atom. The molecule has 1 rings (SSSR count). The minimum absolute atomic E-state index is 0.428. The maximum Gasteiger partial charge on any atom is 0.0731 e. The number of hydrogen-bond donors (Lipinski definition) is 1. The van der Waals surface area contributed by atoms with E-state index in [2.05, 4.69) is 54.7 Å². The van der Waals surface area contributed by atoms with E-state index >= 15 is 0 Å². The van der Waals surface area contributed by atoms with Crippen molar-refractivity contribution >= 4 is 27.3 Å². The number of halogens is 1. The molecule has 0 spiro atoms. The number of nitrogens with one attached hydrogen (secondary N) is 1. The summed E-state index contributed by atoms with van der Waals surface area (Å²) in [6.07, 6.45) is 3.28. The molecule has 1 N–H and O–H groups in total. The van der Waals surface area contributed by atoms with Crippen LogP contribution in [0.2, 0.25) is 0 Å². The molecule has 17 heavy (non-hydrogen) atoms. The van der Waals surface area contributed by atoms with Gasteiger partial charge in [0, 0.05) is 10.9 Å². The van der Waals surface area contributed by atoms with Crippen molar-refractivity contribution in [3.63, 3.8) is 0 Å². The van der Waals surface area contributed by atoms with Crippen molar-refractivity contribution in [2.24, 2.45) is 0 Å². The van der Waals surface area contributed by atoms with Crippen LogP contribution in [0.3, 0.4) is 0 Å². The third kappa shape index (κ3) is 4.57. The Morgan fingerprint density at radius 1 is 1.53 bits per heavy atom. The molecule has 0 aliphatic rings. The lowest BCUT2D eigenvalue weighted by atomic mass is 10.0. The number of thiophene rings is 1. The molecule has 1 nitrogen and oxygen atoms in total. The second-order valence-corrected chi connectivity index (χ2v) is 6.82. The summed E-state index contributed by atoms with van der Waals surface area (Å²) in [6.45, 7) is 11.7. The SMILES string of the molecule is C=C(CC)CC(NCCC)c1cc(C)c(Br)s1. The molecule has 1 aromatic rings. The summed E-state index contributed by atoms with van der Waals surface area (Å²) in [6, 6.07) is 2.71. The monoisotopic (exact) mass is 315 g/mol. The first kappa shape index (κ1) is 14.9. The summed E-state index contributed by atoms with van der Waals surface area (Å²) in [7, 11) is 0. The van der Waals surface area contributed by atoms with Crippen LogP contribution < -0.4 is 5.32 Å². The molecule has 0 fully saturated rings. The van der Waals surface area contributed by atoms with Gasteiger partial charge in [-0.2, -0.15) is 0 Å². The molecule has 0 bridgehead atoms. The summed E-state index contributed by atoms with van der Waals surface area (Å²) in [5.41, 5.74) is 2.65. The lowest BCUT2D eigenvalue weighted by Crippen LogP contribution is -2.21. The Hall–Kier alpha value is -0.120. The smallest absolute Gasteiger partial charge is 0.0731 e. The normalized spacial score (nSPS) is 12.7. The summed E-state index contributed by atoms with van der Waals surface area (Å²) in [5, 5.41) is 3.62. The van der Waals surface area contributed by atoms with Crippen LogP contribution in [0.15, 0.2) is 22.0 Å². The minimum Gasteiger partial charge on any atom is -0.309 e. The van der Waals surface area contributed by atoms with Crippen LogP contribution >= 0.6 is 27.3 Å². The molecule has 0 aromatic carbocycles. The van der Waals surface area contributed by atoms with Crippen LogP contribution in [-0.4, -0.2) is 6.54 Å². The molecule has 0 aliphatic heterocycles. The van der Waals surface area contributed by atoms with Crippen LogP contribution in [0.1, 0.15) is 49.6 Å². The predicted octanol–water partition coefficient (Wildman–Crippen LogP) is 5.22. The van der Waals surface area contributed by atoms with Gasteiger partial charge >= 0.3 is 0 Å². The van der Waals surface area contributed by atoms with Crippen molar-refractivity contribution in [2.45, 2.75) is 46.1 Å². The second kappa shape index (κ2) is 7.34. The zero-order valence-corrected chi connectivity index (χ0v) is 13.4. The van der Waals surface area contributed by atoms with E-state index in [-0.39, 0.29) is 0 Å². The highest BCUT2D eigenvalue weighted by Crippen LogP contribution is 2.34. The van der Waals surface area contributed by atoms with Crippen LogP contribution in [0, 0.1) is 6.92 Å². The highest BCUT2D eigenvalue weighted by molar-refractivity contribution is 9.11. The lowest BCUT2D eigenvalue weighted by molar-refractivity contribution is 0.530. The summed E-state index contributed by atoms with van der Waals surface area (Å²) in [5.74, 6) is 0. The van der Waals surface area contributed by atoms with Gasteiger partial charge in [-0.15, -0.1) is 11.3 Å². The Morgan fingerprint density at radius 3 is 2.71 bits per heavy atom. The van der Waals surface area contributed by atoms with Crippen molar-refractivity contribution in [3.8, 4) is 0 Å². The van der Waals surface area contributed by atoms with Gasteiger partial charge in [0.25, 0.3) is 0 Å². The van der Waals surface area contributed by atoms with Gasteiger partial charge in [-0.3, -0.25) is 0 Å². The molecule has 0 amide bonds. The van der Waals surface area contributed by atoms with Crippen molar-refractivity contribution in [1.82, 2.24) is 5.32 Å². The molecule has 0 saturated carbocycles. The van der Waals surface area contributed by atoms with E-state index in [4.69, 9.17) is 0 Å². The molecule has 3 heteroatoms. The molecular formula is C14H22BrNS. The van der Waals surface area contributed by atoms with E-state index in [1.54, 1.807) is 0 Å². The van der Waals surface area contributed by atoms with Crippen LogP contribution in [0.5, 0.6) is 0 Å². The fourth-order valence-electron chi connectivity index (χ4n) is 1.68. The van der Waals surface area contributed by atoms with E-state index in [9.17, 15) is 0 Å². The zero-order chi connectivity index (χ0) is 12.8. The average molecular weight is 316 g/mol. The Kier molecular flexibility index (Phi) is 6.45. The largest absolute Gasteiger partial charge is 0.309 e. The molecule has 0 saturated heterocycles. The van der Waals surface area contributed by atoms with Gasteiger partial charge in [-0.05, 0) is 60.3 Å². The third-order valence-electron chi connectivity index (χ3n) is 2.85. The van der Waals surface area contributed by atoms with Crippen LogP contribution in [0.4, 0.5) is 0 Å². The maximum absolute atomic E-state index is 4.13. The van der Waals surface area contributed by atoms with Crippen molar-refractivity contribution in [3.05, 3.63) is 32.4 Å². The molecule has 1 aromatic heterocycles. The Labute approximate surface area is 117 Å². The molecule has 1 atom stereocenters. The quantitative estimate of drug-likeness (QED) is 0.680. The van der Waals surface area contributed by atoms with E-state index < -0.39 is 0 Å². The van der Waals surface area contributed by atoms with Crippen molar-refractivity contribution in [2.75, 3.05) is 6.54 Å². The first-order valence-corrected chi connectivity index (χ1v) is 7.85. The summed E-state index contributed by atoms with van der Waals surface area (Å²) >= 11 is 5.44. The highest BCUT2D eigenvalue weighted by atomic mass is 79.9. The molecule has 0 aliphatic carbocycles. The van der Waals surface area contributed by atoms with Gasteiger partial charge in [0.15, 0.2) is 0 Å². The standard InChI is InChI=1S/C14H22BrNS/c1-5-7-16-12(8-10(3)6-2)13-9-11(4)14(15)17-13/h9,12,16H,3,5-8H2,1-2,4H3. The number of aryl methyl sites for hydroxylation is 1. The van der Waals surface area contributed by atoms with E-state index in [1.165, 1.54) is 26.2 Å². The molecule has 1 heterocycles. The molecule has 1 unspecified atom stereocenters. The van der Waals surface area contributed by atoms with Crippen LogP contribution in [0.25, 0.3) is 0 Å². The van der Waals surface area contributed by atoms with Gasteiger partial charge in [0.05, 0.1) is 3.79 Å². The van der Waals surface area contributed by atoms with Gasteiger partial charge in [0.1, 0.15) is 0 Å². The maximum atomic E-state index is 4.13. The topological polar surface area (TPSA) is 12.0 Å². The molecule has 0 radical (unpaired) electrons. The van der Waals surface area contributed by atoms with Gasteiger partial charge in [-0.25, -0.2) is 0 Å². The first-order valence-electron chi connectivity index (χ1n) is 6.24. The Balaban J connectivity index is 2.77. The average Bonchev–Trinajstić information content (AvgIpc) is 2.64. The lowest BCUT2D eigenvalue weighted by Gasteiger charge is -2.18. The Bertz CT molecular complexity index is 351. The number of hydrogen-bond acceptors (Lipinski definition) is 2. The zero-order valence-electron chi connectivity index (χ0n) is 11.0. The van der Waals surface area contributed by atoms with Gasteiger partial charge in [0.2, 0.25) is 0 Å². The minimum atomic E-state index is 0.428. The first-order chi connectivity index (χ1) is 8.08. The third-order valence-corrected chi connectivity index (χ3v) is 5.10. The fourth-order valence-corrected chi connectivity index (χ4v) is 3.33. The predicted molar refractivity (Wildman–Crippen MR) is 81.8 cm³/mol. The second-order valence-electron chi connectivity index (χ2n) is 4.42. The van der Waals surface area contributed by atoms with E-state index in [1.807, 2.05) is 11.3 Å². The number of rotatable bonds is 7. The van der Waals surface area contributed by atoms with E-state index in [0.717, 1.165) is 19.4 Å². The van der Waals surface area contributed by atoms with E-state index in [0.29, 0.717) is 6.04 Å². The fraction of sp³-hybridized carbons (Fsp3) is 0.571.